The van der Waals surface area contributed by atoms with E-state index in [4.69, 9.17) is 10.5 Å². The Morgan fingerprint density at radius 2 is 1.26 bits per heavy atom. The van der Waals surface area contributed by atoms with E-state index in [-0.39, 0.29) is 0 Å². The number of hydrogen-bond donors (Lipinski definition) is 1. The van der Waals surface area contributed by atoms with Crippen molar-refractivity contribution in [3.8, 4) is 11.5 Å². The van der Waals surface area contributed by atoms with Crippen LogP contribution >= 0.6 is 0 Å². The largest absolute Gasteiger partial charge is 0.455 e. The van der Waals surface area contributed by atoms with Crippen LogP contribution in [-0.4, -0.2) is 0 Å². The van der Waals surface area contributed by atoms with Gasteiger partial charge in [0.05, 0.1) is 5.69 Å². The molecule has 0 aromatic heterocycles. The molecule has 0 bridgehead atoms. The summed E-state index contributed by atoms with van der Waals surface area (Å²) in [5.74, 6) is 1.49. The minimum absolute atomic E-state index is 0.500. The molecule has 0 aliphatic heterocycles. The molecule has 0 heterocycles. The van der Waals surface area contributed by atoms with E-state index in [2.05, 4.69) is 27.7 Å². The monoisotopic (exact) mass is 257 g/mol. The summed E-state index contributed by atoms with van der Waals surface area (Å²) in [7, 11) is 0. The summed E-state index contributed by atoms with van der Waals surface area (Å²) in [6.07, 6.45) is 0. The molecule has 0 saturated heterocycles. The van der Waals surface area contributed by atoms with Gasteiger partial charge in [-0.2, -0.15) is 0 Å². The standard InChI is InChI=1S/C12H11NO.C5H12/c13-11-8-4-5-9-12(11)14-10-6-2-1-3-7-10;1-5(2,3)4/h1-9H,13H2;1-4H3. The molecule has 0 amide bonds. The fourth-order valence-corrected chi connectivity index (χ4v) is 1.19. The van der Waals surface area contributed by atoms with Crippen molar-refractivity contribution in [3.05, 3.63) is 54.6 Å². The number of rotatable bonds is 2. The number of para-hydroxylation sites is 3. The average Bonchev–Trinajstić information content (AvgIpc) is 2.31. The molecule has 2 rings (SSSR count). The maximum absolute atomic E-state index is 5.74. The summed E-state index contributed by atoms with van der Waals surface area (Å²) in [6.45, 7) is 8.75. The third-order valence-electron chi connectivity index (χ3n) is 1.89. The Bertz CT molecular complexity index is 480. The van der Waals surface area contributed by atoms with Crippen LogP contribution in [0.3, 0.4) is 0 Å². The second-order valence-electron chi connectivity index (χ2n) is 5.95. The van der Waals surface area contributed by atoms with Crippen molar-refractivity contribution in [2.75, 3.05) is 5.73 Å². The minimum atomic E-state index is 0.500. The van der Waals surface area contributed by atoms with Crippen molar-refractivity contribution in [1.82, 2.24) is 0 Å². The summed E-state index contributed by atoms with van der Waals surface area (Å²) in [4.78, 5) is 0. The molecule has 0 saturated carbocycles. The van der Waals surface area contributed by atoms with Crippen LogP contribution in [0.25, 0.3) is 0 Å². The van der Waals surface area contributed by atoms with E-state index in [1.54, 1.807) is 0 Å². The maximum atomic E-state index is 5.74. The Morgan fingerprint density at radius 1 is 0.789 bits per heavy atom. The molecule has 0 fully saturated rings. The molecule has 0 unspecified atom stereocenters. The van der Waals surface area contributed by atoms with Crippen molar-refractivity contribution < 1.29 is 4.74 Å². The molecule has 2 nitrogen and oxygen atoms in total. The lowest BCUT2D eigenvalue weighted by atomic mass is 10.0. The van der Waals surface area contributed by atoms with Crippen LogP contribution in [0.5, 0.6) is 11.5 Å². The second kappa shape index (κ2) is 6.83. The Kier molecular flexibility index (Phi) is 5.43. The number of nitrogen functional groups attached to an aromatic ring is 1. The smallest absolute Gasteiger partial charge is 0.150 e. The van der Waals surface area contributed by atoms with Crippen LogP contribution in [0.4, 0.5) is 5.69 Å². The van der Waals surface area contributed by atoms with E-state index >= 15 is 0 Å². The number of benzene rings is 2. The van der Waals surface area contributed by atoms with Crippen LogP contribution in [0, 0.1) is 5.41 Å². The first-order valence-electron chi connectivity index (χ1n) is 6.43. The summed E-state index contributed by atoms with van der Waals surface area (Å²) in [5.41, 5.74) is 6.89. The van der Waals surface area contributed by atoms with E-state index in [9.17, 15) is 0 Å². The number of nitrogens with two attached hydrogens (primary N) is 1. The fraction of sp³-hybridized carbons (Fsp3) is 0.294. The molecule has 102 valence electrons. The molecule has 0 atom stereocenters. The number of ether oxygens (including phenoxy) is 1. The second-order valence-corrected chi connectivity index (χ2v) is 5.95. The van der Waals surface area contributed by atoms with Crippen LogP contribution in [0.2, 0.25) is 0 Å². The lowest BCUT2D eigenvalue weighted by molar-refractivity contribution is 0.469. The fourth-order valence-electron chi connectivity index (χ4n) is 1.19. The Balaban J connectivity index is 0.000000312. The summed E-state index contributed by atoms with van der Waals surface area (Å²) < 4.78 is 5.58. The molecule has 2 aromatic carbocycles. The van der Waals surface area contributed by atoms with Gasteiger partial charge in [0.25, 0.3) is 0 Å². The molecule has 0 spiro atoms. The highest BCUT2D eigenvalue weighted by molar-refractivity contribution is 5.53. The van der Waals surface area contributed by atoms with Gasteiger partial charge in [-0.1, -0.05) is 58.0 Å². The SMILES string of the molecule is CC(C)(C)C.Nc1ccccc1Oc1ccccc1. The quantitative estimate of drug-likeness (QED) is 0.758. The lowest BCUT2D eigenvalue weighted by Crippen LogP contribution is -1.93. The normalized spacial score (nSPS) is 10.3. The first-order valence-corrected chi connectivity index (χ1v) is 6.43. The van der Waals surface area contributed by atoms with Crippen molar-refractivity contribution in [3.63, 3.8) is 0 Å². The van der Waals surface area contributed by atoms with Gasteiger partial charge < -0.3 is 10.5 Å². The molecule has 19 heavy (non-hydrogen) atoms. The van der Waals surface area contributed by atoms with Gasteiger partial charge >= 0.3 is 0 Å². The predicted molar refractivity (Wildman–Crippen MR) is 82.5 cm³/mol. The van der Waals surface area contributed by atoms with E-state index in [1.807, 2.05) is 54.6 Å². The molecule has 2 N–H and O–H groups in total. The van der Waals surface area contributed by atoms with Gasteiger partial charge in [-0.05, 0) is 29.7 Å². The van der Waals surface area contributed by atoms with Crippen molar-refractivity contribution in [1.29, 1.82) is 0 Å². The summed E-state index contributed by atoms with van der Waals surface area (Å²) in [5, 5.41) is 0. The van der Waals surface area contributed by atoms with E-state index in [1.165, 1.54) is 0 Å². The van der Waals surface area contributed by atoms with Gasteiger partial charge in [0.2, 0.25) is 0 Å². The zero-order valence-corrected chi connectivity index (χ0v) is 12.2. The Morgan fingerprint density at radius 3 is 1.79 bits per heavy atom. The minimum Gasteiger partial charge on any atom is -0.455 e. The van der Waals surface area contributed by atoms with Gasteiger partial charge in [-0.25, -0.2) is 0 Å². The van der Waals surface area contributed by atoms with Crippen molar-refractivity contribution in [2.24, 2.45) is 5.41 Å². The van der Waals surface area contributed by atoms with Gasteiger partial charge in [0.15, 0.2) is 0 Å². The van der Waals surface area contributed by atoms with E-state index in [0.717, 1.165) is 5.75 Å². The molecule has 0 radical (unpaired) electrons. The van der Waals surface area contributed by atoms with Gasteiger partial charge in [0.1, 0.15) is 11.5 Å². The third-order valence-corrected chi connectivity index (χ3v) is 1.89. The number of hydrogen-bond acceptors (Lipinski definition) is 2. The highest BCUT2D eigenvalue weighted by Gasteiger charge is 1.99. The predicted octanol–water partition coefficient (Wildman–Crippen LogP) is 5.11. The average molecular weight is 257 g/mol. The highest BCUT2D eigenvalue weighted by atomic mass is 16.5. The molecule has 2 heteroatoms. The highest BCUT2D eigenvalue weighted by Crippen LogP contribution is 2.26. The maximum Gasteiger partial charge on any atom is 0.150 e. The van der Waals surface area contributed by atoms with Crippen molar-refractivity contribution >= 4 is 5.69 Å². The Labute approximate surface area is 116 Å². The molecular formula is C17H23NO. The molecular weight excluding hydrogens is 234 g/mol. The zero-order valence-electron chi connectivity index (χ0n) is 12.2. The molecule has 0 aliphatic carbocycles. The van der Waals surface area contributed by atoms with Gasteiger partial charge in [-0.3, -0.25) is 0 Å². The van der Waals surface area contributed by atoms with Gasteiger partial charge in [0, 0.05) is 0 Å². The van der Waals surface area contributed by atoms with E-state index < -0.39 is 0 Å². The van der Waals surface area contributed by atoms with Crippen LogP contribution in [0.1, 0.15) is 27.7 Å². The van der Waals surface area contributed by atoms with Crippen LogP contribution in [-0.2, 0) is 0 Å². The zero-order chi connectivity index (χ0) is 14.3. The number of anilines is 1. The van der Waals surface area contributed by atoms with E-state index in [0.29, 0.717) is 16.9 Å². The van der Waals surface area contributed by atoms with Crippen LogP contribution in [0.15, 0.2) is 54.6 Å². The van der Waals surface area contributed by atoms with Crippen LogP contribution < -0.4 is 10.5 Å². The van der Waals surface area contributed by atoms with Gasteiger partial charge in [-0.15, -0.1) is 0 Å². The first kappa shape index (κ1) is 15.1. The summed E-state index contributed by atoms with van der Waals surface area (Å²) in [6, 6.07) is 17.0. The summed E-state index contributed by atoms with van der Waals surface area (Å²) >= 11 is 0. The first-order chi connectivity index (χ1) is 8.86. The Hall–Kier alpha value is -1.96. The topological polar surface area (TPSA) is 35.2 Å². The molecule has 2 aromatic rings. The van der Waals surface area contributed by atoms with Crippen molar-refractivity contribution in [2.45, 2.75) is 27.7 Å². The molecule has 0 aliphatic rings. The third kappa shape index (κ3) is 7.14. The lowest BCUT2D eigenvalue weighted by Gasteiger charge is -2.07.